The summed E-state index contributed by atoms with van der Waals surface area (Å²) in [5.74, 6) is -0.189. The van der Waals surface area contributed by atoms with Gasteiger partial charge in [0.15, 0.2) is 0 Å². The molecule has 8 nitrogen and oxygen atoms in total. The highest BCUT2D eigenvalue weighted by Crippen LogP contribution is 2.38. The molecule has 0 saturated heterocycles. The molecule has 0 aromatic carbocycles. The van der Waals surface area contributed by atoms with Gasteiger partial charge < -0.3 is 28.8 Å². The van der Waals surface area contributed by atoms with Gasteiger partial charge in [-0.2, -0.15) is 0 Å². The Bertz CT molecular complexity index is 1370. The van der Waals surface area contributed by atoms with Crippen LogP contribution in [0, 0.1) is 0 Å². The number of unbranched alkanes of at least 4 members (excludes halogenated alkanes) is 53. The van der Waals surface area contributed by atoms with Gasteiger partial charge >= 0.3 is 0 Å². The van der Waals surface area contributed by atoms with Gasteiger partial charge in [-0.3, -0.25) is 9.36 Å². The second-order valence-electron chi connectivity index (χ2n) is 26.3. The summed E-state index contributed by atoms with van der Waals surface area (Å²) in [6.45, 7) is 4.72. The Morgan fingerprint density at radius 1 is 0.420 bits per heavy atom. The molecule has 0 spiro atoms. The number of likely N-dealkylation sites (N-methyl/N-ethyl adjacent to an activating group) is 1. The van der Waals surface area contributed by atoms with Gasteiger partial charge in [0.1, 0.15) is 13.2 Å². The predicted octanol–water partition coefficient (Wildman–Crippen LogP) is 22.4. The lowest BCUT2D eigenvalue weighted by Gasteiger charge is -2.29. The number of allylic oxidation sites excluding steroid dienone is 3. The standard InChI is InChI=1S/C72H143N2O6P/c1-6-8-10-12-14-16-18-20-22-24-26-28-30-31-32-33-34-35-36-37-38-39-40-41-42-43-44-46-48-50-52-54-56-58-60-62-64-66-72(76)73-70(69-80-81(77,78)79-68-67-74(3,4)5)71(75)65-63-61-59-57-55-53-51-49-47-45-29-27-25-23-21-19-17-15-13-11-9-7-2/h35-36,63,65,70-71,75H,6-34,37-62,64,66-69H2,1-5H3,(H-,73,76,77,78)/b36-35-,65-63+. The Morgan fingerprint density at radius 2 is 0.679 bits per heavy atom. The Hall–Kier alpha value is -1.02. The van der Waals surface area contributed by atoms with E-state index in [1.165, 1.54) is 321 Å². The van der Waals surface area contributed by atoms with Crippen molar-refractivity contribution >= 4 is 13.7 Å². The normalized spacial score (nSPS) is 13.7. The molecule has 9 heteroatoms. The van der Waals surface area contributed by atoms with Crippen molar-refractivity contribution < 1.29 is 32.9 Å². The van der Waals surface area contributed by atoms with Crippen LogP contribution in [0.4, 0.5) is 0 Å². The van der Waals surface area contributed by atoms with Crippen LogP contribution in [-0.4, -0.2) is 68.5 Å². The molecule has 1 amide bonds. The van der Waals surface area contributed by atoms with Gasteiger partial charge in [0.25, 0.3) is 7.82 Å². The van der Waals surface area contributed by atoms with E-state index in [1.807, 2.05) is 27.2 Å². The Labute approximate surface area is 506 Å². The molecule has 0 fully saturated rings. The lowest BCUT2D eigenvalue weighted by Crippen LogP contribution is -2.45. The van der Waals surface area contributed by atoms with Crippen LogP contribution in [0.25, 0.3) is 0 Å². The molecule has 0 saturated carbocycles. The molecule has 0 radical (unpaired) electrons. The fraction of sp³-hybridized carbons (Fsp3) is 0.931. The minimum Gasteiger partial charge on any atom is -0.756 e. The van der Waals surface area contributed by atoms with E-state index in [9.17, 15) is 19.4 Å². The topological polar surface area (TPSA) is 108 Å². The molecule has 0 aliphatic carbocycles. The van der Waals surface area contributed by atoms with Gasteiger partial charge in [0.05, 0.1) is 39.9 Å². The van der Waals surface area contributed by atoms with Crippen molar-refractivity contribution in [2.24, 2.45) is 0 Å². The fourth-order valence-corrected chi connectivity index (χ4v) is 12.0. The van der Waals surface area contributed by atoms with Gasteiger partial charge in [-0.15, -0.1) is 0 Å². The third kappa shape index (κ3) is 66.4. The number of rotatable bonds is 68. The van der Waals surface area contributed by atoms with Crippen molar-refractivity contribution in [3.63, 3.8) is 0 Å². The second-order valence-corrected chi connectivity index (χ2v) is 27.7. The molecule has 3 unspecified atom stereocenters. The molecule has 0 aromatic heterocycles. The maximum atomic E-state index is 13.0. The zero-order valence-electron chi connectivity index (χ0n) is 55.3. The van der Waals surface area contributed by atoms with Gasteiger partial charge in [0, 0.05) is 6.42 Å². The summed E-state index contributed by atoms with van der Waals surface area (Å²) >= 11 is 0. The average Bonchev–Trinajstić information content (AvgIpc) is 3.43. The van der Waals surface area contributed by atoms with E-state index < -0.39 is 20.0 Å². The summed E-state index contributed by atoms with van der Waals surface area (Å²) in [5, 5.41) is 14.0. The van der Waals surface area contributed by atoms with E-state index in [0.717, 1.165) is 38.5 Å². The molecule has 0 rings (SSSR count). The molecule has 0 aromatic rings. The van der Waals surface area contributed by atoms with E-state index in [2.05, 4.69) is 31.3 Å². The largest absolute Gasteiger partial charge is 0.756 e. The van der Waals surface area contributed by atoms with E-state index in [-0.39, 0.29) is 19.1 Å². The van der Waals surface area contributed by atoms with Crippen molar-refractivity contribution in [3.05, 3.63) is 24.3 Å². The molecular formula is C72H143N2O6P. The fourth-order valence-electron chi connectivity index (χ4n) is 11.3. The number of phosphoric ester groups is 1. The average molecular weight is 1160 g/mol. The van der Waals surface area contributed by atoms with Crippen LogP contribution < -0.4 is 10.2 Å². The molecule has 2 N–H and O–H groups in total. The summed E-state index contributed by atoms with van der Waals surface area (Å²) in [5.41, 5.74) is 0. The van der Waals surface area contributed by atoms with Crippen molar-refractivity contribution in [1.82, 2.24) is 5.32 Å². The van der Waals surface area contributed by atoms with Crippen LogP contribution in [0.5, 0.6) is 0 Å². The maximum absolute atomic E-state index is 13.0. The minimum absolute atomic E-state index is 0.00175. The first kappa shape index (κ1) is 80.0. The van der Waals surface area contributed by atoms with Crippen LogP contribution in [0.1, 0.15) is 380 Å². The molecule has 3 atom stereocenters. The number of carbonyl (C=O) groups is 1. The Morgan fingerprint density at radius 3 is 0.963 bits per heavy atom. The molecule has 0 aliphatic rings. The summed E-state index contributed by atoms with van der Waals surface area (Å²) in [6.07, 6.45) is 83.2. The number of aliphatic hydroxyl groups excluding tert-OH is 1. The summed E-state index contributed by atoms with van der Waals surface area (Å²) in [7, 11) is 1.28. The monoisotopic (exact) mass is 1160 g/mol. The van der Waals surface area contributed by atoms with E-state index >= 15 is 0 Å². The summed E-state index contributed by atoms with van der Waals surface area (Å²) in [6, 6.07) is -0.885. The van der Waals surface area contributed by atoms with Gasteiger partial charge in [0.2, 0.25) is 5.91 Å². The van der Waals surface area contributed by atoms with Crippen molar-refractivity contribution in [3.8, 4) is 0 Å². The Balaban J connectivity index is 3.96. The highest BCUT2D eigenvalue weighted by atomic mass is 31.2. The SMILES string of the molecule is CCCCCCCCCCCCCCCCCC/C=C\CCCCCCCCCCCCCCCCCCCC(=O)NC(COP(=O)([O-])OCC[N+](C)(C)C)C(O)/C=C/CCCCCCCCCCCCCCCCCCCCCC. The van der Waals surface area contributed by atoms with Crippen LogP contribution >= 0.6 is 7.82 Å². The first-order valence-electron chi connectivity index (χ1n) is 36.2. The van der Waals surface area contributed by atoms with Gasteiger partial charge in [-0.25, -0.2) is 0 Å². The molecule has 482 valence electrons. The van der Waals surface area contributed by atoms with Crippen LogP contribution in [0.3, 0.4) is 0 Å². The maximum Gasteiger partial charge on any atom is 0.268 e. The van der Waals surface area contributed by atoms with Crippen LogP contribution in [0.15, 0.2) is 24.3 Å². The van der Waals surface area contributed by atoms with Gasteiger partial charge in [-0.05, 0) is 44.9 Å². The number of carbonyl (C=O) groups excluding carboxylic acids is 1. The van der Waals surface area contributed by atoms with Crippen LogP contribution in [-0.2, 0) is 18.4 Å². The molecule has 0 aliphatic heterocycles. The number of nitrogens with zero attached hydrogens (tertiary/aromatic N) is 1. The molecular weight excluding hydrogens is 1020 g/mol. The predicted molar refractivity (Wildman–Crippen MR) is 353 cm³/mol. The lowest BCUT2D eigenvalue weighted by atomic mass is 10.0. The zero-order valence-corrected chi connectivity index (χ0v) is 56.2. The Kier molecular flexibility index (Phi) is 62.7. The first-order chi connectivity index (χ1) is 39.5. The summed E-state index contributed by atoms with van der Waals surface area (Å²) < 4.78 is 23.5. The number of phosphoric acid groups is 1. The third-order valence-electron chi connectivity index (χ3n) is 16.9. The molecule has 0 bridgehead atoms. The first-order valence-corrected chi connectivity index (χ1v) is 37.7. The third-order valence-corrected chi connectivity index (χ3v) is 17.9. The van der Waals surface area contributed by atoms with Crippen molar-refractivity contribution in [1.29, 1.82) is 0 Å². The van der Waals surface area contributed by atoms with Crippen molar-refractivity contribution in [2.75, 3.05) is 40.9 Å². The van der Waals surface area contributed by atoms with Crippen molar-refractivity contribution in [2.45, 2.75) is 392 Å². The number of hydrogen-bond donors (Lipinski definition) is 2. The van der Waals surface area contributed by atoms with Crippen LogP contribution in [0.2, 0.25) is 0 Å². The number of amides is 1. The highest BCUT2D eigenvalue weighted by Gasteiger charge is 2.23. The van der Waals surface area contributed by atoms with E-state index in [0.29, 0.717) is 17.4 Å². The molecule has 81 heavy (non-hydrogen) atoms. The second kappa shape index (κ2) is 63.5. The number of hydrogen-bond acceptors (Lipinski definition) is 6. The summed E-state index contributed by atoms with van der Waals surface area (Å²) in [4.78, 5) is 25.6. The number of aliphatic hydroxyl groups is 1. The quantitative estimate of drug-likeness (QED) is 0.0272. The van der Waals surface area contributed by atoms with Gasteiger partial charge in [-0.1, -0.05) is 353 Å². The van der Waals surface area contributed by atoms with E-state index in [1.54, 1.807) is 6.08 Å². The lowest BCUT2D eigenvalue weighted by molar-refractivity contribution is -0.870. The number of nitrogens with one attached hydrogen (secondary N) is 1. The highest BCUT2D eigenvalue weighted by molar-refractivity contribution is 7.45. The molecule has 0 heterocycles. The minimum atomic E-state index is -4.60. The van der Waals surface area contributed by atoms with E-state index in [4.69, 9.17) is 9.05 Å². The number of quaternary nitrogens is 1. The zero-order chi connectivity index (χ0) is 59.1. The smallest absolute Gasteiger partial charge is 0.268 e.